The number of hydrogen-bond donors (Lipinski definition) is 1. The van der Waals surface area contributed by atoms with Crippen LogP contribution in [-0.2, 0) is 14.3 Å². The molecule has 0 rings (SSSR count). The van der Waals surface area contributed by atoms with E-state index in [1.165, 1.54) is 14.0 Å². The van der Waals surface area contributed by atoms with Crippen LogP contribution in [0.4, 0.5) is 0 Å². The topological polar surface area (TPSA) is 63.6 Å². The van der Waals surface area contributed by atoms with Gasteiger partial charge in [-0.1, -0.05) is 0 Å². The Morgan fingerprint density at radius 2 is 2.00 bits per heavy atom. The molecule has 0 aromatic carbocycles. The van der Waals surface area contributed by atoms with Crippen LogP contribution in [0, 0.1) is 0 Å². The maximum atomic E-state index is 10.4. The van der Waals surface area contributed by atoms with E-state index in [0.717, 1.165) is 6.26 Å². The van der Waals surface area contributed by atoms with Crippen molar-refractivity contribution in [1.29, 1.82) is 0 Å². The molecule has 0 radical (unpaired) electrons. The number of ketones is 1. The first-order chi connectivity index (χ1) is 4.59. The zero-order chi connectivity index (χ0) is 8.15. The number of carboxylic acids is 1. The Kier molecular flexibility index (Phi) is 3.17. The lowest BCUT2D eigenvalue weighted by molar-refractivity contribution is -0.134. The van der Waals surface area contributed by atoms with Gasteiger partial charge in [0.1, 0.15) is 11.8 Å². The first-order valence-electron chi connectivity index (χ1n) is 2.56. The summed E-state index contributed by atoms with van der Waals surface area (Å²) < 4.78 is 4.36. The average molecular weight is 144 g/mol. The lowest BCUT2D eigenvalue weighted by Gasteiger charge is -1.93. The smallest absolute Gasteiger partial charge is 0.342 e. The summed E-state index contributed by atoms with van der Waals surface area (Å²) >= 11 is 0. The molecule has 56 valence electrons. The van der Waals surface area contributed by atoms with Crippen molar-refractivity contribution in [3.63, 3.8) is 0 Å². The standard InChI is InChI=1S/C6H8O4/c1-4(7)5(3-10-2)6(8)9/h3H,1-2H3,(H,8,9)/b5-3-. The largest absolute Gasteiger partial charge is 0.503 e. The molecular weight excluding hydrogens is 136 g/mol. The van der Waals surface area contributed by atoms with Crippen LogP contribution in [0.2, 0.25) is 0 Å². The fraction of sp³-hybridized carbons (Fsp3) is 0.333. The molecule has 0 spiro atoms. The highest BCUT2D eigenvalue weighted by molar-refractivity contribution is 6.15. The molecule has 0 aromatic heterocycles. The maximum absolute atomic E-state index is 10.4. The third kappa shape index (κ3) is 2.30. The minimum Gasteiger partial charge on any atom is -0.503 e. The summed E-state index contributed by atoms with van der Waals surface area (Å²) in [6.45, 7) is 1.17. The van der Waals surface area contributed by atoms with Gasteiger partial charge in [0.2, 0.25) is 0 Å². The molecule has 0 aromatic rings. The molecule has 4 heteroatoms. The first-order valence-corrected chi connectivity index (χ1v) is 2.56. The molecule has 0 saturated heterocycles. The van der Waals surface area contributed by atoms with E-state index >= 15 is 0 Å². The van der Waals surface area contributed by atoms with Crippen LogP contribution in [0.3, 0.4) is 0 Å². The highest BCUT2D eigenvalue weighted by atomic mass is 16.5. The van der Waals surface area contributed by atoms with E-state index in [0.29, 0.717) is 0 Å². The second-order valence-electron chi connectivity index (χ2n) is 1.63. The van der Waals surface area contributed by atoms with Crippen molar-refractivity contribution >= 4 is 11.8 Å². The molecule has 10 heavy (non-hydrogen) atoms. The Hall–Kier alpha value is -1.32. The average Bonchev–Trinajstić information content (AvgIpc) is 1.81. The van der Waals surface area contributed by atoms with Crippen molar-refractivity contribution < 1.29 is 19.4 Å². The Morgan fingerprint density at radius 3 is 2.10 bits per heavy atom. The zero-order valence-corrected chi connectivity index (χ0v) is 5.75. The van der Waals surface area contributed by atoms with Crippen molar-refractivity contribution in [3.8, 4) is 0 Å². The van der Waals surface area contributed by atoms with Crippen molar-refractivity contribution in [3.05, 3.63) is 11.8 Å². The second kappa shape index (κ2) is 3.66. The lowest BCUT2D eigenvalue weighted by Crippen LogP contribution is -2.08. The molecule has 0 atom stereocenters. The van der Waals surface area contributed by atoms with Gasteiger partial charge >= 0.3 is 5.97 Å². The molecule has 1 N–H and O–H groups in total. The maximum Gasteiger partial charge on any atom is 0.342 e. The highest BCUT2D eigenvalue weighted by Crippen LogP contribution is 1.95. The summed E-state index contributed by atoms with van der Waals surface area (Å²) in [6.07, 6.45) is 0.907. The van der Waals surface area contributed by atoms with E-state index in [-0.39, 0.29) is 5.57 Å². The number of methoxy groups -OCH3 is 1. The predicted octanol–water partition coefficient (Wildman–Crippen LogP) is 0.190. The fourth-order valence-electron chi connectivity index (χ4n) is 0.402. The van der Waals surface area contributed by atoms with E-state index in [9.17, 15) is 9.59 Å². The number of ether oxygens (including phenoxy) is 1. The van der Waals surface area contributed by atoms with Gasteiger partial charge in [-0.25, -0.2) is 4.79 Å². The minimum absolute atomic E-state index is 0.345. The van der Waals surface area contributed by atoms with Crippen LogP contribution in [0.5, 0.6) is 0 Å². The van der Waals surface area contributed by atoms with E-state index in [2.05, 4.69) is 4.74 Å². The Labute approximate surface area is 58.1 Å². The SMILES string of the molecule is CO/C=C(/C(C)=O)C(=O)O. The number of carbonyl (C=O) groups excluding carboxylic acids is 1. The number of carboxylic acid groups (broad SMARTS) is 1. The number of rotatable bonds is 3. The predicted molar refractivity (Wildman–Crippen MR) is 33.4 cm³/mol. The van der Waals surface area contributed by atoms with Crippen LogP contribution >= 0.6 is 0 Å². The van der Waals surface area contributed by atoms with Crippen LogP contribution < -0.4 is 0 Å². The molecule has 0 fully saturated rings. The monoisotopic (exact) mass is 144 g/mol. The van der Waals surface area contributed by atoms with Crippen molar-refractivity contribution in [2.45, 2.75) is 6.92 Å². The molecule has 0 bridgehead atoms. The van der Waals surface area contributed by atoms with Crippen LogP contribution in [0.25, 0.3) is 0 Å². The van der Waals surface area contributed by atoms with E-state index < -0.39 is 11.8 Å². The highest BCUT2D eigenvalue weighted by Gasteiger charge is 2.11. The summed E-state index contributed by atoms with van der Waals surface area (Å²) in [7, 11) is 1.28. The fourth-order valence-corrected chi connectivity index (χ4v) is 0.402. The minimum atomic E-state index is -1.27. The summed E-state index contributed by atoms with van der Waals surface area (Å²) in [5.41, 5.74) is -0.345. The van der Waals surface area contributed by atoms with Gasteiger partial charge in [0.25, 0.3) is 0 Å². The summed E-state index contributed by atoms with van der Waals surface area (Å²) in [4.78, 5) is 20.6. The van der Waals surface area contributed by atoms with Crippen LogP contribution in [0.15, 0.2) is 11.8 Å². The van der Waals surface area contributed by atoms with Gasteiger partial charge in [0.05, 0.1) is 7.11 Å². The zero-order valence-electron chi connectivity index (χ0n) is 5.75. The number of aliphatic carboxylic acids is 1. The van der Waals surface area contributed by atoms with Gasteiger partial charge in [-0.3, -0.25) is 4.79 Å². The van der Waals surface area contributed by atoms with Crippen molar-refractivity contribution in [2.75, 3.05) is 7.11 Å². The number of Topliss-reactive ketones (excluding diaryl/α,β-unsaturated/α-hetero) is 1. The van der Waals surface area contributed by atoms with Gasteiger partial charge in [-0.15, -0.1) is 0 Å². The third-order valence-electron chi connectivity index (χ3n) is 0.845. The van der Waals surface area contributed by atoms with Gasteiger partial charge in [0.15, 0.2) is 5.78 Å². The number of carbonyl (C=O) groups is 2. The van der Waals surface area contributed by atoms with Crippen LogP contribution in [-0.4, -0.2) is 24.0 Å². The van der Waals surface area contributed by atoms with E-state index in [1.54, 1.807) is 0 Å². The summed E-state index contributed by atoms with van der Waals surface area (Å²) in [6, 6.07) is 0. The summed E-state index contributed by atoms with van der Waals surface area (Å²) in [5.74, 6) is -1.79. The molecule has 0 aliphatic rings. The Bertz CT molecular complexity index is 164. The van der Waals surface area contributed by atoms with Gasteiger partial charge in [0, 0.05) is 0 Å². The quantitative estimate of drug-likeness (QED) is 0.266. The third-order valence-corrected chi connectivity index (χ3v) is 0.845. The molecular formula is C6H8O4. The normalized spacial score (nSPS) is 10.8. The van der Waals surface area contributed by atoms with Gasteiger partial charge < -0.3 is 9.84 Å². The molecule has 0 aliphatic carbocycles. The van der Waals surface area contributed by atoms with Crippen molar-refractivity contribution in [1.82, 2.24) is 0 Å². The molecule has 0 unspecified atom stereocenters. The second-order valence-corrected chi connectivity index (χ2v) is 1.63. The van der Waals surface area contributed by atoms with Gasteiger partial charge in [-0.2, -0.15) is 0 Å². The Balaban J connectivity index is 4.42. The summed E-state index contributed by atoms with van der Waals surface area (Å²) in [5, 5.41) is 8.31. The van der Waals surface area contributed by atoms with E-state index in [4.69, 9.17) is 5.11 Å². The van der Waals surface area contributed by atoms with Crippen molar-refractivity contribution in [2.24, 2.45) is 0 Å². The first kappa shape index (κ1) is 8.68. The lowest BCUT2D eigenvalue weighted by atomic mass is 10.2. The number of hydrogen-bond acceptors (Lipinski definition) is 3. The van der Waals surface area contributed by atoms with Crippen LogP contribution in [0.1, 0.15) is 6.92 Å². The van der Waals surface area contributed by atoms with Gasteiger partial charge in [-0.05, 0) is 6.92 Å². The molecule has 0 heterocycles. The molecule has 0 aliphatic heterocycles. The van der Waals surface area contributed by atoms with E-state index in [1.807, 2.05) is 0 Å². The molecule has 0 amide bonds. The molecule has 0 saturated carbocycles. The Morgan fingerprint density at radius 1 is 1.50 bits per heavy atom. The molecule has 4 nitrogen and oxygen atoms in total.